The molecular formula is C6H14O2Si. The van der Waals surface area contributed by atoms with E-state index < -0.39 is 0 Å². The fraction of sp³-hybridized carbons (Fsp3) is 1.00. The molecular weight excluding hydrogens is 132 g/mol. The minimum atomic E-state index is -0.291. The molecule has 1 heterocycles. The largest absolute Gasteiger partial charge is 0.400 e. The third-order valence-corrected chi connectivity index (χ3v) is 3.27. The third kappa shape index (κ3) is 2.47. The van der Waals surface area contributed by atoms with E-state index in [9.17, 15) is 0 Å². The summed E-state index contributed by atoms with van der Waals surface area (Å²) in [6, 6.07) is 0. The molecule has 9 heavy (non-hydrogen) atoms. The number of ether oxygens (including phenoxy) is 1. The lowest BCUT2D eigenvalue weighted by molar-refractivity contribution is 0.0634. The minimum Gasteiger partial charge on any atom is -0.400 e. The first-order valence-electron chi connectivity index (χ1n) is 3.66. The van der Waals surface area contributed by atoms with E-state index in [1.165, 1.54) is 19.3 Å². The molecule has 1 fully saturated rings. The molecule has 0 amide bonds. The molecule has 1 N–H and O–H groups in total. The quantitative estimate of drug-likeness (QED) is 0.539. The molecule has 0 spiro atoms. The van der Waals surface area contributed by atoms with Gasteiger partial charge in [-0.1, -0.05) is 0 Å². The van der Waals surface area contributed by atoms with Crippen molar-refractivity contribution in [3.63, 3.8) is 0 Å². The number of hydrogen-bond acceptors (Lipinski definition) is 2. The van der Waals surface area contributed by atoms with Gasteiger partial charge in [-0.3, -0.25) is 0 Å². The molecule has 1 unspecified atom stereocenters. The van der Waals surface area contributed by atoms with E-state index in [0.717, 1.165) is 6.61 Å². The highest BCUT2D eigenvalue weighted by molar-refractivity contribution is 6.36. The molecule has 1 aliphatic rings. The molecule has 0 bridgehead atoms. The van der Waals surface area contributed by atoms with Crippen LogP contribution in [0.25, 0.3) is 0 Å². The Morgan fingerprint density at radius 2 is 2.44 bits per heavy atom. The first kappa shape index (κ1) is 7.25. The van der Waals surface area contributed by atoms with Crippen LogP contribution in [0, 0.1) is 0 Å². The summed E-state index contributed by atoms with van der Waals surface area (Å²) >= 11 is 0. The predicted molar refractivity (Wildman–Crippen MR) is 39.2 cm³/mol. The van der Waals surface area contributed by atoms with Crippen molar-refractivity contribution >= 4 is 9.52 Å². The van der Waals surface area contributed by atoms with Gasteiger partial charge in [-0.15, -0.1) is 0 Å². The van der Waals surface area contributed by atoms with Crippen LogP contribution < -0.4 is 0 Å². The summed E-state index contributed by atoms with van der Waals surface area (Å²) < 4.78 is 5.42. The zero-order chi connectivity index (χ0) is 6.53. The number of aliphatic hydroxyl groups is 1. The maximum Gasteiger partial charge on any atom is 0.0857 e. The van der Waals surface area contributed by atoms with E-state index >= 15 is 0 Å². The predicted octanol–water partition coefficient (Wildman–Crippen LogP) is -0.368. The van der Waals surface area contributed by atoms with E-state index in [1.54, 1.807) is 0 Å². The lowest BCUT2D eigenvalue weighted by Gasteiger charge is -2.20. The van der Waals surface area contributed by atoms with E-state index in [-0.39, 0.29) is 9.52 Å². The van der Waals surface area contributed by atoms with Gasteiger partial charge in [0.1, 0.15) is 0 Å². The van der Waals surface area contributed by atoms with Crippen LogP contribution in [-0.4, -0.2) is 33.2 Å². The first-order chi connectivity index (χ1) is 4.43. The Kier molecular flexibility index (Phi) is 3.25. The van der Waals surface area contributed by atoms with Crippen LogP contribution >= 0.6 is 0 Å². The summed E-state index contributed by atoms with van der Waals surface area (Å²) in [4.78, 5) is 0. The second kappa shape index (κ2) is 4.03. The highest BCUT2D eigenvalue weighted by atomic mass is 28.2. The molecule has 1 rings (SSSR count). The number of rotatable bonds is 2. The van der Waals surface area contributed by atoms with Gasteiger partial charge in [0.05, 0.1) is 9.52 Å². The second-order valence-electron chi connectivity index (χ2n) is 2.50. The van der Waals surface area contributed by atoms with Crippen molar-refractivity contribution in [1.82, 2.24) is 0 Å². The Bertz CT molecular complexity index is 68.7. The van der Waals surface area contributed by atoms with E-state index in [1.807, 2.05) is 0 Å². The average molecular weight is 146 g/mol. The van der Waals surface area contributed by atoms with Gasteiger partial charge in [0.25, 0.3) is 0 Å². The summed E-state index contributed by atoms with van der Waals surface area (Å²) in [6.07, 6.45) is 4.13. The Morgan fingerprint density at radius 1 is 1.56 bits per heavy atom. The minimum absolute atomic E-state index is 0.291. The summed E-state index contributed by atoms with van der Waals surface area (Å²) in [7, 11) is -0.291. The van der Waals surface area contributed by atoms with E-state index in [4.69, 9.17) is 9.84 Å². The van der Waals surface area contributed by atoms with Crippen molar-refractivity contribution in [3.05, 3.63) is 0 Å². The number of hydrogen-bond donors (Lipinski definition) is 1. The highest BCUT2D eigenvalue weighted by Gasteiger charge is 2.12. The van der Waals surface area contributed by atoms with Gasteiger partial charge in [0, 0.05) is 18.6 Å². The van der Waals surface area contributed by atoms with Crippen LogP contribution in [-0.2, 0) is 4.74 Å². The molecule has 1 aliphatic heterocycles. The summed E-state index contributed by atoms with van der Waals surface area (Å²) in [6.45, 7) is 0.928. The normalized spacial score (nSPS) is 29.7. The van der Waals surface area contributed by atoms with E-state index in [0.29, 0.717) is 12.0 Å². The smallest absolute Gasteiger partial charge is 0.0857 e. The van der Waals surface area contributed by atoms with Crippen molar-refractivity contribution in [2.24, 2.45) is 0 Å². The first-order valence-corrected chi connectivity index (χ1v) is 5.47. The Morgan fingerprint density at radius 3 is 3.00 bits per heavy atom. The maximum atomic E-state index is 8.60. The molecule has 54 valence electrons. The van der Waals surface area contributed by atoms with Crippen LogP contribution in [0.5, 0.6) is 0 Å². The highest BCUT2D eigenvalue weighted by Crippen LogP contribution is 2.10. The monoisotopic (exact) mass is 146 g/mol. The van der Waals surface area contributed by atoms with Gasteiger partial charge in [-0.2, -0.15) is 0 Å². The van der Waals surface area contributed by atoms with E-state index in [2.05, 4.69) is 0 Å². The van der Waals surface area contributed by atoms with Gasteiger partial charge in [0.15, 0.2) is 0 Å². The Hall–Kier alpha value is 0.137. The van der Waals surface area contributed by atoms with Crippen LogP contribution in [0.1, 0.15) is 19.3 Å². The second-order valence-corrected chi connectivity index (χ2v) is 4.44. The standard InChI is InChI=1S/C6H14O2Si/c7-5-9-6-3-1-2-4-8-6/h6-7H,1-5,9H2. The molecule has 0 aromatic carbocycles. The zero-order valence-electron chi connectivity index (χ0n) is 5.68. The van der Waals surface area contributed by atoms with Gasteiger partial charge >= 0.3 is 0 Å². The summed E-state index contributed by atoms with van der Waals surface area (Å²) in [5, 5.41) is 8.60. The fourth-order valence-corrected chi connectivity index (χ4v) is 2.38. The maximum absolute atomic E-state index is 8.60. The molecule has 2 nitrogen and oxygen atoms in total. The Labute approximate surface area is 58.0 Å². The molecule has 0 aromatic rings. The topological polar surface area (TPSA) is 29.5 Å². The lowest BCUT2D eigenvalue weighted by atomic mass is 10.2. The summed E-state index contributed by atoms with van der Waals surface area (Å²) in [5.41, 5.74) is 0.490. The molecule has 0 aliphatic carbocycles. The van der Waals surface area contributed by atoms with Crippen molar-refractivity contribution in [2.75, 3.05) is 12.8 Å². The van der Waals surface area contributed by atoms with Crippen molar-refractivity contribution < 1.29 is 9.84 Å². The molecule has 3 heteroatoms. The van der Waals surface area contributed by atoms with Crippen molar-refractivity contribution in [1.29, 1.82) is 0 Å². The van der Waals surface area contributed by atoms with Gasteiger partial charge in [0.2, 0.25) is 0 Å². The SMILES string of the molecule is OC[SiH2]C1CCCCO1. The lowest BCUT2D eigenvalue weighted by Crippen LogP contribution is -2.27. The van der Waals surface area contributed by atoms with Crippen LogP contribution in [0.15, 0.2) is 0 Å². The molecule has 0 aromatic heterocycles. The Balaban J connectivity index is 2.08. The van der Waals surface area contributed by atoms with Gasteiger partial charge in [-0.05, 0) is 19.3 Å². The third-order valence-electron chi connectivity index (χ3n) is 1.73. The van der Waals surface area contributed by atoms with Gasteiger partial charge < -0.3 is 9.84 Å². The molecule has 0 radical (unpaired) electrons. The zero-order valence-corrected chi connectivity index (χ0v) is 7.09. The van der Waals surface area contributed by atoms with Crippen LogP contribution in [0.3, 0.4) is 0 Å². The molecule has 1 saturated heterocycles. The van der Waals surface area contributed by atoms with Crippen LogP contribution in [0.2, 0.25) is 0 Å². The van der Waals surface area contributed by atoms with Gasteiger partial charge in [-0.25, -0.2) is 0 Å². The summed E-state index contributed by atoms with van der Waals surface area (Å²) in [5.74, 6) is 0. The van der Waals surface area contributed by atoms with Crippen molar-refractivity contribution in [3.8, 4) is 0 Å². The molecule has 0 saturated carbocycles. The molecule has 1 atom stereocenters. The van der Waals surface area contributed by atoms with Crippen molar-refractivity contribution in [2.45, 2.75) is 25.0 Å². The average Bonchev–Trinajstić information content (AvgIpc) is 1.91. The fourth-order valence-electron chi connectivity index (χ4n) is 1.18. The van der Waals surface area contributed by atoms with Crippen LogP contribution in [0.4, 0.5) is 0 Å². The number of aliphatic hydroxyl groups excluding tert-OH is 1.